The van der Waals surface area contributed by atoms with Gasteiger partial charge in [-0.2, -0.15) is 5.26 Å². The second-order valence-electron chi connectivity index (χ2n) is 9.96. The third-order valence-electron chi connectivity index (χ3n) is 7.34. The molecular weight excluding hydrogens is 494 g/mol. The van der Waals surface area contributed by atoms with E-state index in [-0.39, 0.29) is 34.9 Å². The van der Waals surface area contributed by atoms with Gasteiger partial charge in [-0.3, -0.25) is 9.69 Å². The van der Waals surface area contributed by atoms with Crippen molar-refractivity contribution in [1.29, 1.82) is 5.26 Å². The summed E-state index contributed by atoms with van der Waals surface area (Å²) in [6.07, 6.45) is 3.18. The van der Waals surface area contributed by atoms with Crippen molar-refractivity contribution in [3.8, 4) is 17.3 Å². The fourth-order valence-electron chi connectivity index (χ4n) is 5.19. The number of carbonyl (C=O) groups excluding carboxylic acids is 1. The molecule has 2 heterocycles. The first-order valence-corrected chi connectivity index (χ1v) is 15.2. The van der Waals surface area contributed by atoms with E-state index >= 15 is 0 Å². The van der Waals surface area contributed by atoms with E-state index in [1.807, 2.05) is 23.6 Å². The van der Waals surface area contributed by atoms with Gasteiger partial charge in [0.15, 0.2) is 15.0 Å². The number of nitriles is 1. The van der Waals surface area contributed by atoms with E-state index in [1.54, 1.807) is 23.5 Å². The molecule has 4 rings (SSSR count). The van der Waals surface area contributed by atoms with Crippen molar-refractivity contribution in [2.75, 3.05) is 43.4 Å². The molecule has 1 N–H and O–H groups in total. The van der Waals surface area contributed by atoms with Crippen LogP contribution in [0.3, 0.4) is 0 Å². The first kappa shape index (κ1) is 26.6. The summed E-state index contributed by atoms with van der Waals surface area (Å²) in [5.41, 5.74) is 1.75. The molecule has 0 spiro atoms. The van der Waals surface area contributed by atoms with Crippen LogP contribution in [0.25, 0.3) is 11.3 Å². The highest BCUT2D eigenvalue weighted by molar-refractivity contribution is 7.91. The van der Waals surface area contributed by atoms with Gasteiger partial charge in [0.05, 0.1) is 22.4 Å². The van der Waals surface area contributed by atoms with Crippen molar-refractivity contribution in [2.24, 2.45) is 11.8 Å². The fraction of sp³-hybridized carbons (Fsp3) is 0.577. The molecule has 2 aliphatic rings. The number of thiazole rings is 1. The molecule has 1 amide bonds. The van der Waals surface area contributed by atoms with E-state index in [9.17, 15) is 13.2 Å². The van der Waals surface area contributed by atoms with E-state index < -0.39 is 9.84 Å². The van der Waals surface area contributed by atoms with Gasteiger partial charge in [0.1, 0.15) is 6.54 Å². The zero-order chi connectivity index (χ0) is 25.7. The minimum atomic E-state index is -3.55. The summed E-state index contributed by atoms with van der Waals surface area (Å²) in [4.78, 5) is 22.4. The zero-order valence-electron chi connectivity index (χ0n) is 21.0. The highest BCUT2D eigenvalue weighted by atomic mass is 32.2. The number of carbonyl (C=O) groups is 1. The van der Waals surface area contributed by atoms with Gasteiger partial charge in [-0.25, -0.2) is 13.4 Å². The van der Waals surface area contributed by atoms with E-state index in [4.69, 9.17) is 10.2 Å². The maximum atomic E-state index is 13.2. The van der Waals surface area contributed by atoms with Crippen LogP contribution in [-0.4, -0.2) is 68.7 Å². The van der Waals surface area contributed by atoms with Crippen LogP contribution in [0.1, 0.15) is 39.5 Å². The molecule has 1 aromatic carbocycles. The van der Waals surface area contributed by atoms with Crippen LogP contribution in [0.4, 0.5) is 5.13 Å². The number of hydrogen-bond donors (Lipinski definition) is 1. The van der Waals surface area contributed by atoms with Crippen LogP contribution in [0.15, 0.2) is 34.5 Å². The third kappa shape index (κ3) is 6.25. The number of hydrogen-bond acceptors (Lipinski definition) is 8. The monoisotopic (exact) mass is 529 g/mol. The van der Waals surface area contributed by atoms with Crippen LogP contribution in [0, 0.1) is 23.2 Å². The summed E-state index contributed by atoms with van der Waals surface area (Å²) < 4.78 is 26.4. The molecule has 0 bridgehead atoms. The highest BCUT2D eigenvalue weighted by Gasteiger charge is 2.34. The Labute approximate surface area is 218 Å². The second kappa shape index (κ2) is 11.7. The number of piperazine rings is 1. The van der Waals surface area contributed by atoms with Gasteiger partial charge in [0.2, 0.25) is 5.91 Å². The van der Waals surface area contributed by atoms with Crippen molar-refractivity contribution in [3.63, 3.8) is 0 Å². The van der Waals surface area contributed by atoms with Crippen LogP contribution in [0.2, 0.25) is 0 Å². The number of anilines is 1. The molecule has 8 nitrogen and oxygen atoms in total. The third-order valence-corrected chi connectivity index (χ3v) is 10.1. The lowest BCUT2D eigenvalue weighted by atomic mass is 9.80. The molecule has 2 fully saturated rings. The minimum Gasteiger partial charge on any atom is -0.346 e. The first-order chi connectivity index (χ1) is 17.3. The van der Waals surface area contributed by atoms with Gasteiger partial charge >= 0.3 is 0 Å². The Morgan fingerprint density at radius 1 is 1.17 bits per heavy atom. The largest absolute Gasteiger partial charge is 0.346 e. The second-order valence-corrected chi connectivity index (χ2v) is 12.8. The van der Waals surface area contributed by atoms with Crippen molar-refractivity contribution in [1.82, 2.24) is 15.2 Å². The molecule has 1 aromatic heterocycles. The Morgan fingerprint density at radius 2 is 1.86 bits per heavy atom. The summed E-state index contributed by atoms with van der Waals surface area (Å²) in [5, 5.41) is 14.4. The molecule has 2 atom stereocenters. The molecule has 1 aliphatic carbocycles. The summed E-state index contributed by atoms with van der Waals surface area (Å²) in [7, 11) is -3.55. The fourth-order valence-corrected chi connectivity index (χ4v) is 7.79. The lowest BCUT2D eigenvalue weighted by Crippen LogP contribution is -2.48. The Hall–Kier alpha value is -2.48. The first-order valence-electron chi connectivity index (χ1n) is 12.7. The van der Waals surface area contributed by atoms with Crippen LogP contribution >= 0.6 is 11.3 Å². The predicted octanol–water partition coefficient (Wildman–Crippen LogP) is 3.56. The number of rotatable bonds is 8. The van der Waals surface area contributed by atoms with Gasteiger partial charge in [-0.05, 0) is 44.7 Å². The topological polar surface area (TPSA) is 106 Å². The lowest BCUT2D eigenvalue weighted by Gasteiger charge is -2.36. The van der Waals surface area contributed by atoms with Crippen molar-refractivity contribution in [3.05, 3.63) is 29.6 Å². The molecule has 1 aliphatic heterocycles. The van der Waals surface area contributed by atoms with Crippen LogP contribution < -0.4 is 10.2 Å². The molecule has 2 unspecified atom stereocenters. The number of benzene rings is 1. The number of sulfone groups is 1. The van der Waals surface area contributed by atoms with Gasteiger partial charge in [0, 0.05) is 49.1 Å². The highest BCUT2D eigenvalue weighted by Crippen LogP contribution is 2.34. The molecule has 1 saturated carbocycles. The minimum absolute atomic E-state index is 0.0528. The number of amides is 1. The quantitative estimate of drug-likeness (QED) is 0.521. The average Bonchev–Trinajstić information content (AvgIpc) is 3.38. The Bertz CT molecular complexity index is 1180. The lowest BCUT2D eigenvalue weighted by molar-refractivity contribution is -0.127. The molecule has 194 valence electrons. The van der Waals surface area contributed by atoms with Gasteiger partial charge in [0.25, 0.3) is 0 Å². The van der Waals surface area contributed by atoms with Crippen LogP contribution in [-0.2, 0) is 14.6 Å². The summed E-state index contributed by atoms with van der Waals surface area (Å²) >= 11 is 1.62. The molecule has 2 aromatic rings. The smallest absolute Gasteiger partial charge is 0.224 e. The maximum Gasteiger partial charge on any atom is 0.224 e. The number of nitrogens with zero attached hydrogens (tertiary/aromatic N) is 4. The van der Waals surface area contributed by atoms with Crippen LogP contribution in [0.5, 0.6) is 0 Å². The molecule has 0 radical (unpaired) electrons. The van der Waals surface area contributed by atoms with Crippen molar-refractivity contribution in [2.45, 2.75) is 50.5 Å². The van der Waals surface area contributed by atoms with E-state index in [0.29, 0.717) is 18.9 Å². The van der Waals surface area contributed by atoms with E-state index in [0.717, 1.165) is 55.4 Å². The standard InChI is InChI=1S/C26H35N5O3S2/c1-19(2)30-13-15-31(16-14-30)26-29-24(17-35-26)20-7-9-22(10-8-20)36(33,34)18-21-5-3-4-6-23(21)25(32)28-12-11-27/h7-10,17,19,21,23H,3-6,12-16,18H2,1-2H3,(H,28,32). The summed E-state index contributed by atoms with van der Waals surface area (Å²) in [5.74, 6) is -0.867. The molecular formula is C26H35N5O3S2. The summed E-state index contributed by atoms with van der Waals surface area (Å²) in [6, 6.07) is 9.41. The van der Waals surface area contributed by atoms with E-state index in [2.05, 4.69) is 29.0 Å². The Balaban J connectivity index is 1.41. The van der Waals surface area contributed by atoms with Gasteiger partial charge < -0.3 is 10.2 Å². The Kier molecular flexibility index (Phi) is 8.65. The summed E-state index contributed by atoms with van der Waals surface area (Å²) in [6.45, 7) is 8.37. The number of nitrogens with one attached hydrogen (secondary N) is 1. The SMILES string of the molecule is CC(C)N1CCN(c2nc(-c3ccc(S(=O)(=O)CC4CCCCC4C(=O)NCC#N)cc3)cs2)CC1. The number of aromatic nitrogens is 1. The van der Waals surface area contributed by atoms with E-state index in [1.165, 1.54) is 0 Å². The predicted molar refractivity (Wildman–Crippen MR) is 143 cm³/mol. The Morgan fingerprint density at radius 3 is 2.53 bits per heavy atom. The zero-order valence-corrected chi connectivity index (χ0v) is 22.7. The molecule has 10 heteroatoms. The van der Waals surface area contributed by atoms with Crippen molar-refractivity contribution < 1.29 is 13.2 Å². The molecule has 36 heavy (non-hydrogen) atoms. The normalized spacial score (nSPS) is 21.3. The van der Waals surface area contributed by atoms with Gasteiger partial charge in [-0.1, -0.05) is 25.0 Å². The average molecular weight is 530 g/mol. The van der Waals surface area contributed by atoms with Gasteiger partial charge in [-0.15, -0.1) is 11.3 Å². The van der Waals surface area contributed by atoms with Crippen molar-refractivity contribution >= 4 is 32.2 Å². The molecule has 1 saturated heterocycles. The maximum absolute atomic E-state index is 13.2.